The van der Waals surface area contributed by atoms with Crippen molar-refractivity contribution in [2.75, 3.05) is 0 Å². The van der Waals surface area contributed by atoms with E-state index in [9.17, 15) is 5.11 Å². The van der Waals surface area contributed by atoms with Gasteiger partial charge in [-0.25, -0.2) is 0 Å². The summed E-state index contributed by atoms with van der Waals surface area (Å²) in [6.45, 7) is 5.77. The van der Waals surface area contributed by atoms with Gasteiger partial charge in [0.15, 0.2) is 5.76 Å². The SMILES string of the molecule is C[C@H]1CC(O)=C2OC(C)(C)O[C@@H]21. The molecule has 1 aliphatic carbocycles. The molecule has 0 aromatic carbocycles. The molecule has 0 aromatic heterocycles. The summed E-state index contributed by atoms with van der Waals surface area (Å²) >= 11 is 0. The number of fused-ring (bicyclic) bond motifs is 1. The third-order valence-corrected chi connectivity index (χ3v) is 2.34. The summed E-state index contributed by atoms with van der Waals surface area (Å²) in [5.74, 6) is 0.773. The van der Waals surface area contributed by atoms with Crippen LogP contribution in [0, 0.1) is 5.92 Å². The molecular formula is C9H14O3. The number of hydrogen-bond donors (Lipinski definition) is 1. The van der Waals surface area contributed by atoms with Gasteiger partial charge in [-0.2, -0.15) is 0 Å². The van der Waals surface area contributed by atoms with E-state index in [0.29, 0.717) is 23.9 Å². The lowest BCUT2D eigenvalue weighted by atomic mass is 10.1. The minimum absolute atomic E-state index is 0.0278. The van der Waals surface area contributed by atoms with Gasteiger partial charge in [-0.3, -0.25) is 0 Å². The van der Waals surface area contributed by atoms with Crippen LogP contribution in [0.1, 0.15) is 27.2 Å². The van der Waals surface area contributed by atoms with Gasteiger partial charge >= 0.3 is 0 Å². The molecule has 2 rings (SSSR count). The van der Waals surface area contributed by atoms with Gasteiger partial charge in [0, 0.05) is 20.3 Å². The highest BCUT2D eigenvalue weighted by Crippen LogP contribution is 2.43. The Balaban J connectivity index is 2.28. The summed E-state index contributed by atoms with van der Waals surface area (Å²) in [5.41, 5.74) is 0. The Morgan fingerprint density at radius 1 is 1.50 bits per heavy atom. The van der Waals surface area contributed by atoms with E-state index in [-0.39, 0.29) is 6.10 Å². The summed E-state index contributed by atoms with van der Waals surface area (Å²) in [5, 5.41) is 9.48. The van der Waals surface area contributed by atoms with Gasteiger partial charge in [-0.05, 0) is 5.92 Å². The maximum Gasteiger partial charge on any atom is 0.205 e. The van der Waals surface area contributed by atoms with Crippen molar-refractivity contribution in [1.29, 1.82) is 0 Å². The van der Waals surface area contributed by atoms with Gasteiger partial charge in [0.1, 0.15) is 11.9 Å². The number of allylic oxidation sites excluding steroid dienone is 1. The maximum atomic E-state index is 9.48. The van der Waals surface area contributed by atoms with E-state index in [1.165, 1.54) is 0 Å². The second kappa shape index (κ2) is 2.16. The fourth-order valence-corrected chi connectivity index (χ4v) is 1.82. The first-order chi connectivity index (χ1) is 5.49. The Bertz CT molecular complexity index is 242. The van der Waals surface area contributed by atoms with Gasteiger partial charge in [-0.15, -0.1) is 0 Å². The second-order valence-corrected chi connectivity index (χ2v) is 4.03. The van der Waals surface area contributed by atoms with Crippen molar-refractivity contribution >= 4 is 0 Å². The molecule has 2 atom stereocenters. The Morgan fingerprint density at radius 3 is 2.75 bits per heavy atom. The van der Waals surface area contributed by atoms with E-state index in [4.69, 9.17) is 9.47 Å². The molecule has 0 amide bonds. The average Bonchev–Trinajstić information content (AvgIpc) is 2.34. The number of ether oxygens (including phenoxy) is 2. The lowest BCUT2D eigenvalue weighted by Crippen LogP contribution is -2.24. The lowest BCUT2D eigenvalue weighted by molar-refractivity contribution is -0.142. The third kappa shape index (κ3) is 1.00. The van der Waals surface area contributed by atoms with Crippen LogP contribution in [0.25, 0.3) is 0 Å². The van der Waals surface area contributed by atoms with Crippen LogP contribution in [0.3, 0.4) is 0 Å². The summed E-state index contributed by atoms with van der Waals surface area (Å²) in [6, 6.07) is 0. The van der Waals surface area contributed by atoms with Crippen molar-refractivity contribution in [2.45, 2.75) is 39.1 Å². The smallest absolute Gasteiger partial charge is 0.205 e. The first kappa shape index (κ1) is 7.92. The first-order valence-corrected chi connectivity index (χ1v) is 4.28. The molecule has 3 heteroatoms. The molecule has 1 fully saturated rings. The molecule has 1 N–H and O–H groups in total. The highest BCUT2D eigenvalue weighted by Gasteiger charge is 2.46. The van der Waals surface area contributed by atoms with Crippen molar-refractivity contribution in [3.05, 3.63) is 11.5 Å². The fraction of sp³-hybridized carbons (Fsp3) is 0.778. The van der Waals surface area contributed by atoms with E-state index in [0.717, 1.165) is 0 Å². The Kier molecular flexibility index (Phi) is 1.43. The van der Waals surface area contributed by atoms with Crippen molar-refractivity contribution in [3.63, 3.8) is 0 Å². The van der Waals surface area contributed by atoms with Crippen LogP contribution < -0.4 is 0 Å². The molecule has 3 nitrogen and oxygen atoms in total. The fourth-order valence-electron chi connectivity index (χ4n) is 1.82. The van der Waals surface area contributed by atoms with E-state index in [1.807, 2.05) is 13.8 Å². The molecule has 0 saturated carbocycles. The summed E-state index contributed by atoms with van der Waals surface area (Å²) in [6.07, 6.45) is 0.649. The number of rotatable bonds is 0. The molecule has 0 bridgehead atoms. The molecule has 0 unspecified atom stereocenters. The molecule has 2 aliphatic rings. The van der Waals surface area contributed by atoms with Crippen LogP contribution in [0.2, 0.25) is 0 Å². The molecule has 0 radical (unpaired) electrons. The highest BCUT2D eigenvalue weighted by atomic mass is 16.7. The van der Waals surface area contributed by atoms with E-state index >= 15 is 0 Å². The Hall–Kier alpha value is -0.700. The van der Waals surface area contributed by atoms with Crippen LogP contribution in [0.4, 0.5) is 0 Å². The minimum Gasteiger partial charge on any atom is -0.509 e. The summed E-state index contributed by atoms with van der Waals surface area (Å²) < 4.78 is 11.1. The monoisotopic (exact) mass is 170 g/mol. The van der Waals surface area contributed by atoms with Crippen molar-refractivity contribution in [3.8, 4) is 0 Å². The predicted molar refractivity (Wildman–Crippen MR) is 43.5 cm³/mol. The molecule has 1 aliphatic heterocycles. The molecule has 1 heterocycles. The molecule has 1 saturated heterocycles. The predicted octanol–water partition coefficient (Wildman–Crippen LogP) is 1.95. The van der Waals surface area contributed by atoms with Gasteiger partial charge in [-0.1, -0.05) is 6.92 Å². The zero-order chi connectivity index (χ0) is 8.93. The van der Waals surface area contributed by atoms with Crippen LogP contribution in [-0.4, -0.2) is 17.0 Å². The highest BCUT2D eigenvalue weighted by molar-refractivity contribution is 5.18. The first-order valence-electron chi connectivity index (χ1n) is 4.28. The third-order valence-electron chi connectivity index (χ3n) is 2.34. The topological polar surface area (TPSA) is 38.7 Å². The lowest BCUT2D eigenvalue weighted by Gasteiger charge is -2.18. The quantitative estimate of drug-likeness (QED) is 0.603. The van der Waals surface area contributed by atoms with Crippen LogP contribution in [-0.2, 0) is 9.47 Å². The van der Waals surface area contributed by atoms with Crippen molar-refractivity contribution in [1.82, 2.24) is 0 Å². The summed E-state index contributed by atoms with van der Waals surface area (Å²) in [4.78, 5) is 0. The zero-order valence-corrected chi connectivity index (χ0v) is 7.63. The summed E-state index contributed by atoms with van der Waals surface area (Å²) in [7, 11) is 0. The van der Waals surface area contributed by atoms with E-state index in [1.54, 1.807) is 0 Å². The number of aliphatic hydroxyl groups is 1. The minimum atomic E-state index is -0.567. The zero-order valence-electron chi connectivity index (χ0n) is 7.63. The van der Waals surface area contributed by atoms with Gasteiger partial charge < -0.3 is 14.6 Å². The molecule has 68 valence electrons. The number of aliphatic hydroxyl groups excluding tert-OH is 1. The normalized spacial score (nSPS) is 38.2. The van der Waals surface area contributed by atoms with Crippen LogP contribution in [0.15, 0.2) is 11.5 Å². The van der Waals surface area contributed by atoms with Crippen LogP contribution in [0.5, 0.6) is 0 Å². The molecule has 0 spiro atoms. The number of hydrogen-bond acceptors (Lipinski definition) is 3. The van der Waals surface area contributed by atoms with E-state index < -0.39 is 5.79 Å². The maximum absolute atomic E-state index is 9.48. The van der Waals surface area contributed by atoms with Crippen LogP contribution >= 0.6 is 0 Å². The largest absolute Gasteiger partial charge is 0.509 e. The Labute approximate surface area is 72.0 Å². The standard InChI is InChI=1S/C9H14O3/c1-5-4-6(10)8-7(5)11-9(2,3)12-8/h5,7,10H,4H2,1-3H3/t5-,7+/m0/s1. The van der Waals surface area contributed by atoms with Gasteiger partial charge in [0.05, 0.1) is 0 Å². The second-order valence-electron chi connectivity index (χ2n) is 4.03. The van der Waals surface area contributed by atoms with Crippen molar-refractivity contribution in [2.24, 2.45) is 5.92 Å². The molecule has 12 heavy (non-hydrogen) atoms. The van der Waals surface area contributed by atoms with E-state index in [2.05, 4.69) is 6.92 Å². The van der Waals surface area contributed by atoms with Gasteiger partial charge in [0.2, 0.25) is 5.79 Å². The molecular weight excluding hydrogens is 156 g/mol. The Morgan fingerprint density at radius 2 is 2.17 bits per heavy atom. The molecule has 0 aromatic rings. The van der Waals surface area contributed by atoms with Gasteiger partial charge in [0.25, 0.3) is 0 Å². The average molecular weight is 170 g/mol. The van der Waals surface area contributed by atoms with Crippen molar-refractivity contribution < 1.29 is 14.6 Å².